The predicted molar refractivity (Wildman–Crippen MR) is 132 cm³/mol. The van der Waals surface area contributed by atoms with Crippen molar-refractivity contribution in [3.05, 3.63) is 36.9 Å². The minimum atomic E-state index is -0.0456. The number of fused-ring (bicyclic) bond motifs is 1. The molecule has 1 saturated heterocycles. The highest BCUT2D eigenvalue weighted by Crippen LogP contribution is 2.40. The number of carbonyl (C=O) groups excluding carboxylic acids is 1. The maximum absolute atomic E-state index is 12.3. The lowest BCUT2D eigenvalue weighted by Gasteiger charge is -2.16. The van der Waals surface area contributed by atoms with Crippen molar-refractivity contribution >= 4 is 22.6 Å². The van der Waals surface area contributed by atoms with Crippen LogP contribution in [0.15, 0.2) is 36.9 Å². The Bertz CT molecular complexity index is 1440. The van der Waals surface area contributed by atoms with Crippen LogP contribution in [-0.4, -0.2) is 69.0 Å². The molecule has 0 unspecified atom stereocenters. The lowest BCUT2D eigenvalue weighted by molar-refractivity contribution is -0.117. The van der Waals surface area contributed by atoms with Gasteiger partial charge in [0, 0.05) is 49.0 Å². The topological polar surface area (TPSA) is 118 Å². The van der Waals surface area contributed by atoms with E-state index in [0.717, 1.165) is 34.9 Å². The molecule has 11 nitrogen and oxygen atoms in total. The first kappa shape index (κ1) is 22.6. The summed E-state index contributed by atoms with van der Waals surface area (Å²) in [4.78, 5) is 21.3. The summed E-state index contributed by atoms with van der Waals surface area (Å²) >= 11 is 0. The number of hydrogen-bond acceptors (Lipinski definition) is 8. The molecule has 186 valence electrons. The number of nitrogens with zero attached hydrogens (tertiary/aromatic N) is 6. The van der Waals surface area contributed by atoms with Crippen LogP contribution in [0.5, 0.6) is 5.75 Å². The third kappa shape index (κ3) is 3.90. The van der Waals surface area contributed by atoms with Crippen LogP contribution in [0.1, 0.15) is 18.9 Å². The lowest BCUT2D eigenvalue weighted by atomic mass is 10.1. The van der Waals surface area contributed by atoms with Crippen LogP contribution in [0.2, 0.25) is 0 Å². The zero-order valence-corrected chi connectivity index (χ0v) is 20.3. The molecule has 4 aromatic heterocycles. The van der Waals surface area contributed by atoms with Crippen LogP contribution < -0.4 is 10.1 Å². The van der Waals surface area contributed by atoms with E-state index in [1.54, 1.807) is 37.5 Å². The quantitative estimate of drug-likeness (QED) is 0.421. The van der Waals surface area contributed by atoms with Gasteiger partial charge in [0.2, 0.25) is 5.91 Å². The van der Waals surface area contributed by atoms with E-state index in [1.807, 2.05) is 30.1 Å². The summed E-state index contributed by atoms with van der Waals surface area (Å²) in [5.74, 6) is 1.18. The Morgan fingerprint density at radius 1 is 1.17 bits per heavy atom. The fourth-order valence-electron chi connectivity index (χ4n) is 4.68. The number of pyridine rings is 2. The van der Waals surface area contributed by atoms with Crippen molar-refractivity contribution in [3.63, 3.8) is 0 Å². The van der Waals surface area contributed by atoms with E-state index >= 15 is 0 Å². The Labute approximate surface area is 207 Å². The standard InChI is InChI=1S/C25H27N7O4/c1-31-18-10-27-21(29-25(33)14-4-5-14)8-17(18)22(30-31)23-24(35-3)16(6-7-26-23)15-9-28-32(11-15)19-12-36-13-20(19)34-2/h6-11,14,19-20H,4-5,12-13H2,1-3H3,(H,27,29,33)/t19-,20-/m0/s1. The van der Waals surface area contributed by atoms with Crippen LogP contribution in [0.25, 0.3) is 33.4 Å². The number of methoxy groups -OCH3 is 2. The molecule has 36 heavy (non-hydrogen) atoms. The van der Waals surface area contributed by atoms with Crippen molar-refractivity contribution in [3.8, 4) is 28.3 Å². The Kier molecular flexibility index (Phi) is 5.65. The Balaban J connectivity index is 1.40. The summed E-state index contributed by atoms with van der Waals surface area (Å²) in [7, 11) is 5.16. The molecular formula is C25H27N7O4. The van der Waals surface area contributed by atoms with E-state index in [1.165, 1.54) is 0 Å². The van der Waals surface area contributed by atoms with Crippen LogP contribution >= 0.6 is 0 Å². The zero-order valence-electron chi connectivity index (χ0n) is 20.3. The molecular weight excluding hydrogens is 462 g/mol. The Hall–Kier alpha value is -3.83. The van der Waals surface area contributed by atoms with Crippen molar-refractivity contribution in [1.29, 1.82) is 0 Å². The van der Waals surface area contributed by atoms with Gasteiger partial charge in [-0.15, -0.1) is 0 Å². The average Bonchev–Trinajstić information content (AvgIpc) is 3.31. The molecule has 1 amide bonds. The first-order valence-corrected chi connectivity index (χ1v) is 11.9. The minimum Gasteiger partial charge on any atom is -0.494 e. The van der Waals surface area contributed by atoms with E-state index in [9.17, 15) is 4.79 Å². The van der Waals surface area contributed by atoms with Gasteiger partial charge in [0.25, 0.3) is 0 Å². The van der Waals surface area contributed by atoms with Gasteiger partial charge in [-0.25, -0.2) is 4.98 Å². The molecule has 2 aliphatic rings. The summed E-state index contributed by atoms with van der Waals surface area (Å²) in [5.41, 5.74) is 3.79. The van der Waals surface area contributed by atoms with E-state index in [-0.39, 0.29) is 24.0 Å². The fourth-order valence-corrected chi connectivity index (χ4v) is 4.68. The Morgan fingerprint density at radius 3 is 2.81 bits per heavy atom. The molecule has 0 bridgehead atoms. The molecule has 1 aliphatic carbocycles. The third-order valence-electron chi connectivity index (χ3n) is 6.82. The summed E-state index contributed by atoms with van der Waals surface area (Å²) < 4.78 is 20.6. The number of ether oxygens (including phenoxy) is 3. The molecule has 1 saturated carbocycles. The number of anilines is 1. The van der Waals surface area contributed by atoms with Gasteiger partial charge in [-0.2, -0.15) is 10.2 Å². The first-order chi connectivity index (χ1) is 17.6. The van der Waals surface area contributed by atoms with Crippen LogP contribution in [0.3, 0.4) is 0 Å². The molecule has 0 radical (unpaired) electrons. The molecule has 2 fully saturated rings. The van der Waals surface area contributed by atoms with Crippen molar-refractivity contribution in [2.75, 3.05) is 32.8 Å². The largest absolute Gasteiger partial charge is 0.494 e. The van der Waals surface area contributed by atoms with E-state index < -0.39 is 0 Å². The molecule has 5 heterocycles. The van der Waals surface area contributed by atoms with Crippen molar-refractivity contribution in [2.45, 2.75) is 25.0 Å². The second-order valence-corrected chi connectivity index (χ2v) is 9.15. The number of aromatic nitrogens is 6. The fraction of sp³-hybridized carbons (Fsp3) is 0.400. The van der Waals surface area contributed by atoms with Crippen LogP contribution in [0.4, 0.5) is 5.82 Å². The molecule has 1 N–H and O–H groups in total. The number of amides is 1. The van der Waals surface area contributed by atoms with Gasteiger partial charge in [-0.1, -0.05) is 0 Å². The second kappa shape index (κ2) is 8.99. The molecule has 0 spiro atoms. The Morgan fingerprint density at radius 2 is 2.03 bits per heavy atom. The number of hydrogen-bond donors (Lipinski definition) is 1. The molecule has 2 atom stereocenters. The highest BCUT2D eigenvalue weighted by atomic mass is 16.5. The van der Waals surface area contributed by atoms with Gasteiger partial charge in [0.15, 0.2) is 5.75 Å². The highest BCUT2D eigenvalue weighted by Gasteiger charge is 2.31. The maximum atomic E-state index is 12.3. The van der Waals surface area contributed by atoms with E-state index in [0.29, 0.717) is 36.2 Å². The lowest BCUT2D eigenvalue weighted by Crippen LogP contribution is -2.24. The third-order valence-corrected chi connectivity index (χ3v) is 6.82. The summed E-state index contributed by atoms with van der Waals surface area (Å²) in [6.07, 6.45) is 9.03. The monoisotopic (exact) mass is 489 g/mol. The zero-order chi connectivity index (χ0) is 24.8. The minimum absolute atomic E-state index is 0.00498. The van der Waals surface area contributed by atoms with Crippen LogP contribution in [-0.2, 0) is 21.3 Å². The van der Waals surface area contributed by atoms with Crippen molar-refractivity contribution in [1.82, 2.24) is 29.5 Å². The predicted octanol–water partition coefficient (Wildman–Crippen LogP) is 2.84. The first-order valence-electron chi connectivity index (χ1n) is 11.9. The average molecular weight is 490 g/mol. The number of nitrogens with one attached hydrogen (secondary N) is 1. The second-order valence-electron chi connectivity index (χ2n) is 9.15. The number of aryl methyl sites for hydroxylation is 1. The SMILES string of the molecule is COc1c(-c2cnn([C@H]3COC[C@@H]3OC)c2)ccnc1-c1nn(C)c2cnc(NC(=O)C3CC3)cc12. The number of carbonyl (C=O) groups is 1. The van der Waals surface area contributed by atoms with Gasteiger partial charge in [0.1, 0.15) is 29.4 Å². The smallest absolute Gasteiger partial charge is 0.228 e. The van der Waals surface area contributed by atoms with Gasteiger partial charge in [0.05, 0.1) is 38.2 Å². The molecule has 6 rings (SSSR count). The van der Waals surface area contributed by atoms with Crippen molar-refractivity contribution < 1.29 is 19.0 Å². The van der Waals surface area contributed by atoms with E-state index in [2.05, 4.69) is 20.4 Å². The molecule has 11 heteroatoms. The highest BCUT2D eigenvalue weighted by molar-refractivity contribution is 5.99. The molecule has 1 aliphatic heterocycles. The summed E-state index contributed by atoms with van der Waals surface area (Å²) in [6.45, 7) is 1.09. The summed E-state index contributed by atoms with van der Waals surface area (Å²) in [5, 5.41) is 13.0. The van der Waals surface area contributed by atoms with Crippen molar-refractivity contribution in [2.24, 2.45) is 13.0 Å². The van der Waals surface area contributed by atoms with Gasteiger partial charge >= 0.3 is 0 Å². The molecule has 0 aromatic carbocycles. The van der Waals surface area contributed by atoms with Crippen LogP contribution in [0, 0.1) is 5.92 Å². The maximum Gasteiger partial charge on any atom is 0.228 e. The van der Waals surface area contributed by atoms with Gasteiger partial charge in [-0.05, 0) is 25.0 Å². The number of rotatable bonds is 7. The molecule has 4 aromatic rings. The van der Waals surface area contributed by atoms with Gasteiger partial charge in [-0.3, -0.25) is 19.1 Å². The van der Waals surface area contributed by atoms with Gasteiger partial charge < -0.3 is 19.5 Å². The van der Waals surface area contributed by atoms with E-state index in [4.69, 9.17) is 19.3 Å². The normalized spacial score (nSPS) is 19.6. The summed E-state index contributed by atoms with van der Waals surface area (Å²) in [6, 6.07) is 3.75.